The molecule has 1 saturated heterocycles. The van der Waals surface area contributed by atoms with E-state index in [9.17, 15) is 9.18 Å². The van der Waals surface area contributed by atoms with Crippen molar-refractivity contribution in [1.29, 1.82) is 0 Å². The quantitative estimate of drug-likeness (QED) is 0.410. The van der Waals surface area contributed by atoms with Crippen LogP contribution in [0.1, 0.15) is 28.6 Å². The lowest BCUT2D eigenvalue weighted by Crippen LogP contribution is -2.33. The molecule has 0 amide bonds. The fourth-order valence-electron chi connectivity index (χ4n) is 4.40. The van der Waals surface area contributed by atoms with Crippen molar-refractivity contribution in [2.45, 2.75) is 25.7 Å². The van der Waals surface area contributed by atoms with E-state index in [-0.39, 0.29) is 6.10 Å². The summed E-state index contributed by atoms with van der Waals surface area (Å²) in [6.07, 6.45) is 1.32. The molecule has 0 radical (unpaired) electrons. The molecule has 2 heterocycles. The maximum absolute atomic E-state index is 14.9. The van der Waals surface area contributed by atoms with Gasteiger partial charge >= 0.3 is 5.76 Å². The van der Waals surface area contributed by atoms with Crippen molar-refractivity contribution < 1.29 is 13.5 Å². The number of rotatable bonds is 8. The molecule has 0 unspecified atom stereocenters. The van der Waals surface area contributed by atoms with Gasteiger partial charge in [-0.15, -0.1) is 0 Å². The first-order valence-corrected chi connectivity index (χ1v) is 11.8. The Hall–Kier alpha value is -3.52. The van der Waals surface area contributed by atoms with Crippen molar-refractivity contribution in [2.24, 2.45) is 0 Å². The van der Waals surface area contributed by atoms with Crippen molar-refractivity contribution in [3.8, 4) is 5.69 Å². The monoisotopic (exact) mass is 473 g/mol. The van der Waals surface area contributed by atoms with Crippen LogP contribution in [-0.2, 0) is 24.4 Å². The third-order valence-electron chi connectivity index (χ3n) is 6.10. The molecule has 35 heavy (non-hydrogen) atoms. The summed E-state index contributed by atoms with van der Waals surface area (Å²) in [5, 5.41) is 3.21. The van der Waals surface area contributed by atoms with Crippen LogP contribution >= 0.6 is 0 Å². The highest BCUT2D eigenvalue weighted by Crippen LogP contribution is 2.24. The minimum atomic E-state index is -0.540. The van der Waals surface area contributed by atoms with Gasteiger partial charge in [0.05, 0.1) is 31.1 Å². The number of oxazole rings is 1. The molecule has 0 saturated carbocycles. The lowest BCUT2D eigenvalue weighted by molar-refractivity contribution is 0.0255. The van der Waals surface area contributed by atoms with Crippen LogP contribution in [0.3, 0.4) is 0 Å². The Kier molecular flexibility index (Phi) is 7.18. The molecule has 7 heteroatoms. The zero-order valence-electron chi connectivity index (χ0n) is 19.4. The molecule has 1 aliphatic rings. The van der Waals surface area contributed by atoms with E-state index in [0.717, 1.165) is 6.54 Å². The van der Waals surface area contributed by atoms with Gasteiger partial charge in [-0.3, -0.25) is 4.90 Å². The van der Waals surface area contributed by atoms with Crippen LogP contribution in [0.15, 0.2) is 94.3 Å². The summed E-state index contributed by atoms with van der Waals surface area (Å²) < 4.78 is 27.5. The molecule has 3 aromatic carbocycles. The maximum atomic E-state index is 14.9. The number of halogens is 1. The van der Waals surface area contributed by atoms with Crippen molar-refractivity contribution >= 4 is 0 Å². The van der Waals surface area contributed by atoms with Gasteiger partial charge in [0.25, 0.3) is 0 Å². The SMILES string of the molecule is O=c1oc(CN(Cc2ccccc2)Cc2ccccc2)cn1-c1ccc([C@H]2CNCCO2)c(F)c1. The predicted octanol–water partition coefficient (Wildman–Crippen LogP) is 4.43. The zero-order chi connectivity index (χ0) is 24.0. The number of hydrogen-bond donors (Lipinski definition) is 1. The molecule has 1 N–H and O–H groups in total. The lowest BCUT2D eigenvalue weighted by atomic mass is 10.1. The van der Waals surface area contributed by atoms with Gasteiger partial charge in [0.1, 0.15) is 11.6 Å². The number of ether oxygens (including phenoxy) is 1. The number of nitrogens with one attached hydrogen (secondary N) is 1. The molecular weight excluding hydrogens is 445 g/mol. The van der Waals surface area contributed by atoms with Crippen LogP contribution < -0.4 is 11.1 Å². The second kappa shape index (κ2) is 10.8. The number of nitrogens with zero attached hydrogens (tertiary/aromatic N) is 2. The lowest BCUT2D eigenvalue weighted by Gasteiger charge is -2.24. The van der Waals surface area contributed by atoms with E-state index in [2.05, 4.69) is 34.5 Å². The Morgan fingerprint density at radius 1 is 0.943 bits per heavy atom. The van der Waals surface area contributed by atoms with E-state index < -0.39 is 11.6 Å². The molecule has 0 aliphatic carbocycles. The molecular formula is C28H28FN3O3. The minimum absolute atomic E-state index is 0.334. The highest BCUT2D eigenvalue weighted by atomic mass is 19.1. The first kappa shape index (κ1) is 23.2. The second-order valence-electron chi connectivity index (χ2n) is 8.72. The van der Waals surface area contributed by atoms with Gasteiger partial charge in [0, 0.05) is 31.7 Å². The Morgan fingerprint density at radius 2 is 1.63 bits per heavy atom. The van der Waals surface area contributed by atoms with Crippen LogP contribution in [0, 0.1) is 5.82 Å². The number of aromatic nitrogens is 1. The molecule has 6 nitrogen and oxygen atoms in total. The van der Waals surface area contributed by atoms with Gasteiger partial charge in [-0.05, 0) is 23.3 Å². The van der Waals surface area contributed by atoms with E-state index in [1.807, 2.05) is 36.4 Å². The van der Waals surface area contributed by atoms with Crippen molar-refractivity contribution in [1.82, 2.24) is 14.8 Å². The summed E-state index contributed by atoms with van der Waals surface area (Å²) in [7, 11) is 0. The van der Waals surface area contributed by atoms with Crippen LogP contribution in [0.25, 0.3) is 5.69 Å². The second-order valence-corrected chi connectivity index (χ2v) is 8.72. The van der Waals surface area contributed by atoms with E-state index >= 15 is 0 Å². The third kappa shape index (κ3) is 5.77. The average molecular weight is 474 g/mol. The Bertz CT molecular complexity index is 1260. The Balaban J connectivity index is 1.36. The summed E-state index contributed by atoms with van der Waals surface area (Å²) in [5.41, 5.74) is 3.24. The van der Waals surface area contributed by atoms with Crippen LogP contribution in [-0.4, -0.2) is 29.2 Å². The average Bonchev–Trinajstić information content (AvgIpc) is 3.25. The molecule has 1 aromatic heterocycles. The number of hydrogen-bond acceptors (Lipinski definition) is 5. The molecule has 1 aliphatic heterocycles. The molecule has 5 rings (SSSR count). The summed E-state index contributed by atoms with van der Waals surface area (Å²) in [6.45, 7) is 3.69. The standard InChI is InChI=1S/C28H28FN3O3/c29-26-15-23(11-12-25(26)27-16-30-13-14-34-27)32-20-24(35-28(32)33)19-31(17-21-7-3-1-4-8-21)18-22-9-5-2-6-10-22/h1-12,15,20,27,30H,13-14,16-19H2/t27-/m1/s1. The van der Waals surface area contributed by atoms with Gasteiger partial charge in [-0.25, -0.2) is 13.8 Å². The van der Waals surface area contributed by atoms with Crippen LogP contribution in [0.2, 0.25) is 0 Å². The normalized spacial score (nSPS) is 16.0. The van der Waals surface area contributed by atoms with Gasteiger partial charge < -0.3 is 14.5 Å². The van der Waals surface area contributed by atoms with E-state index in [1.54, 1.807) is 18.3 Å². The van der Waals surface area contributed by atoms with Crippen molar-refractivity contribution in [2.75, 3.05) is 19.7 Å². The van der Waals surface area contributed by atoms with E-state index in [0.29, 0.717) is 49.8 Å². The predicted molar refractivity (Wildman–Crippen MR) is 132 cm³/mol. The Labute approximate surface area is 203 Å². The number of morpholine rings is 1. The van der Waals surface area contributed by atoms with Crippen LogP contribution in [0.4, 0.5) is 4.39 Å². The summed E-state index contributed by atoms with van der Waals surface area (Å²) in [6, 6.07) is 25.1. The van der Waals surface area contributed by atoms with Crippen molar-refractivity contribution in [3.05, 3.63) is 124 Å². The Morgan fingerprint density at radius 3 is 2.23 bits per heavy atom. The minimum Gasteiger partial charge on any atom is -0.411 e. The number of benzene rings is 3. The van der Waals surface area contributed by atoms with Gasteiger partial charge in [-0.2, -0.15) is 0 Å². The molecule has 0 bridgehead atoms. The van der Waals surface area contributed by atoms with Gasteiger partial charge in [-0.1, -0.05) is 66.7 Å². The van der Waals surface area contributed by atoms with E-state index in [4.69, 9.17) is 9.15 Å². The fraction of sp³-hybridized carbons (Fsp3) is 0.250. The third-order valence-corrected chi connectivity index (χ3v) is 6.10. The van der Waals surface area contributed by atoms with Gasteiger partial charge in [0.2, 0.25) is 0 Å². The first-order valence-electron chi connectivity index (χ1n) is 11.8. The van der Waals surface area contributed by atoms with Crippen molar-refractivity contribution in [3.63, 3.8) is 0 Å². The largest absolute Gasteiger partial charge is 0.423 e. The molecule has 4 aromatic rings. The zero-order valence-corrected chi connectivity index (χ0v) is 19.4. The molecule has 1 fully saturated rings. The summed E-state index contributed by atoms with van der Waals surface area (Å²) in [4.78, 5) is 14.9. The highest BCUT2D eigenvalue weighted by Gasteiger charge is 2.20. The maximum Gasteiger partial charge on any atom is 0.423 e. The van der Waals surface area contributed by atoms with Crippen LogP contribution in [0.5, 0.6) is 0 Å². The van der Waals surface area contributed by atoms with Gasteiger partial charge in [0.15, 0.2) is 0 Å². The summed E-state index contributed by atoms with van der Waals surface area (Å²) >= 11 is 0. The summed E-state index contributed by atoms with van der Waals surface area (Å²) in [5.74, 6) is -0.422. The first-order chi connectivity index (χ1) is 17.2. The molecule has 0 spiro atoms. The smallest absolute Gasteiger partial charge is 0.411 e. The molecule has 1 atom stereocenters. The highest BCUT2D eigenvalue weighted by molar-refractivity contribution is 5.37. The topological polar surface area (TPSA) is 59.6 Å². The van der Waals surface area contributed by atoms with E-state index in [1.165, 1.54) is 21.8 Å². The molecule has 180 valence electrons. The fourth-order valence-corrected chi connectivity index (χ4v) is 4.40.